The van der Waals surface area contributed by atoms with Gasteiger partial charge in [-0.3, -0.25) is 4.90 Å². The Morgan fingerprint density at radius 3 is 2.44 bits per heavy atom. The summed E-state index contributed by atoms with van der Waals surface area (Å²) < 4.78 is 31.1. The monoisotopic (exact) mass is 263 g/mol. The quantitative estimate of drug-likeness (QED) is 0.787. The molecular formula is C11H15F2NO4. The molecule has 0 saturated heterocycles. The van der Waals surface area contributed by atoms with E-state index < -0.39 is 35.7 Å². The third-order valence-electron chi connectivity index (χ3n) is 2.14. The smallest absolute Gasteiger partial charge is 0.415 e. The van der Waals surface area contributed by atoms with Gasteiger partial charge in [0.05, 0.1) is 0 Å². The molecule has 0 radical (unpaired) electrons. The van der Waals surface area contributed by atoms with E-state index in [1.165, 1.54) is 0 Å². The second-order valence-corrected chi connectivity index (χ2v) is 4.98. The minimum absolute atomic E-state index is 0.281. The van der Waals surface area contributed by atoms with Gasteiger partial charge in [0, 0.05) is 19.0 Å². The van der Waals surface area contributed by atoms with Crippen molar-refractivity contribution < 1.29 is 28.2 Å². The van der Waals surface area contributed by atoms with Gasteiger partial charge in [-0.1, -0.05) is 0 Å². The number of aliphatic carboxylic acids is 1. The van der Waals surface area contributed by atoms with Crippen LogP contribution in [0.3, 0.4) is 0 Å². The molecule has 102 valence electrons. The zero-order chi connectivity index (χ0) is 14.1. The molecule has 0 spiro atoms. The minimum Gasteiger partial charge on any atom is -0.477 e. The number of hydrogen-bond acceptors (Lipinski definition) is 3. The maximum Gasteiger partial charge on any atom is 0.415 e. The molecule has 0 unspecified atom stereocenters. The lowest BCUT2D eigenvalue weighted by molar-refractivity contribution is -0.135. The average molecular weight is 263 g/mol. The van der Waals surface area contributed by atoms with E-state index in [-0.39, 0.29) is 12.6 Å². The van der Waals surface area contributed by atoms with Gasteiger partial charge in [-0.2, -0.15) is 0 Å². The van der Waals surface area contributed by atoms with Crippen LogP contribution in [0.25, 0.3) is 0 Å². The zero-order valence-electron chi connectivity index (χ0n) is 10.4. The fourth-order valence-electron chi connectivity index (χ4n) is 1.42. The number of carboxylic acids is 1. The Labute approximate surface area is 103 Å². The van der Waals surface area contributed by atoms with E-state index in [1.54, 1.807) is 20.8 Å². The molecule has 1 heterocycles. The number of nitrogens with zero attached hydrogens (tertiary/aromatic N) is 1. The lowest BCUT2D eigenvalue weighted by atomic mass is 10.1. The number of alkyl halides is 2. The Morgan fingerprint density at radius 2 is 2.00 bits per heavy atom. The number of ether oxygens (including phenoxy) is 1. The SMILES string of the molecule is CC(C)(C)OC(=O)N1CCC(F)(F)C=C1C(=O)O. The van der Waals surface area contributed by atoms with E-state index in [2.05, 4.69) is 0 Å². The number of amides is 1. The Bertz CT molecular complexity index is 398. The van der Waals surface area contributed by atoms with E-state index in [9.17, 15) is 18.4 Å². The second kappa shape index (κ2) is 4.55. The van der Waals surface area contributed by atoms with Crippen LogP contribution < -0.4 is 0 Å². The summed E-state index contributed by atoms with van der Waals surface area (Å²) >= 11 is 0. The van der Waals surface area contributed by atoms with Crippen molar-refractivity contribution in [2.24, 2.45) is 0 Å². The van der Waals surface area contributed by atoms with Crippen LogP contribution in [0.4, 0.5) is 13.6 Å². The van der Waals surface area contributed by atoms with E-state index in [0.717, 1.165) is 0 Å². The number of halogens is 2. The third-order valence-corrected chi connectivity index (χ3v) is 2.14. The molecule has 0 aliphatic carbocycles. The maximum atomic E-state index is 13.1. The van der Waals surface area contributed by atoms with Gasteiger partial charge in [0.15, 0.2) is 0 Å². The fraction of sp³-hybridized carbons (Fsp3) is 0.636. The molecule has 0 bridgehead atoms. The predicted octanol–water partition coefficient (Wildman–Crippen LogP) is 2.23. The van der Waals surface area contributed by atoms with Gasteiger partial charge in [-0.25, -0.2) is 18.4 Å². The highest BCUT2D eigenvalue weighted by Gasteiger charge is 2.39. The van der Waals surface area contributed by atoms with Gasteiger partial charge in [0.2, 0.25) is 0 Å². The number of carbonyl (C=O) groups excluding carboxylic acids is 1. The summed E-state index contributed by atoms with van der Waals surface area (Å²) in [5.41, 5.74) is -1.57. The van der Waals surface area contributed by atoms with E-state index in [4.69, 9.17) is 9.84 Å². The Kier molecular flexibility index (Phi) is 3.64. The highest BCUT2D eigenvalue weighted by Crippen LogP contribution is 2.29. The number of rotatable bonds is 1. The number of allylic oxidation sites excluding steroid dienone is 1. The molecule has 0 aromatic rings. The van der Waals surface area contributed by atoms with Crippen molar-refractivity contribution in [3.63, 3.8) is 0 Å². The summed E-state index contributed by atoms with van der Waals surface area (Å²) in [4.78, 5) is 23.3. The number of carboxylic acid groups (broad SMARTS) is 1. The lowest BCUT2D eigenvalue weighted by Crippen LogP contribution is -2.43. The standard InChI is InChI=1S/C11H15F2NO4/c1-10(2,3)18-9(17)14-5-4-11(12,13)6-7(14)8(15)16/h6H,4-5H2,1-3H3,(H,15,16). The highest BCUT2D eigenvalue weighted by atomic mass is 19.3. The minimum atomic E-state index is -3.22. The first kappa shape index (κ1) is 14.4. The van der Waals surface area contributed by atoms with Gasteiger partial charge in [-0.05, 0) is 20.8 Å². The molecule has 5 nitrogen and oxygen atoms in total. The van der Waals surface area contributed by atoms with Crippen LogP contribution in [0.2, 0.25) is 0 Å². The van der Waals surface area contributed by atoms with Crippen LogP contribution >= 0.6 is 0 Å². The Morgan fingerprint density at radius 1 is 1.44 bits per heavy atom. The van der Waals surface area contributed by atoms with Gasteiger partial charge in [0.1, 0.15) is 11.3 Å². The second-order valence-electron chi connectivity index (χ2n) is 4.98. The van der Waals surface area contributed by atoms with Gasteiger partial charge in [0.25, 0.3) is 5.92 Å². The zero-order valence-corrected chi connectivity index (χ0v) is 10.4. The normalized spacial score (nSPS) is 19.2. The Hall–Kier alpha value is -1.66. The summed E-state index contributed by atoms with van der Waals surface area (Å²) in [6.07, 6.45) is -1.28. The number of hydrogen-bond donors (Lipinski definition) is 1. The molecular weight excluding hydrogens is 248 g/mol. The molecule has 1 rings (SSSR count). The fourth-order valence-corrected chi connectivity index (χ4v) is 1.42. The summed E-state index contributed by atoms with van der Waals surface area (Å²) in [7, 11) is 0. The molecule has 1 aliphatic rings. The molecule has 0 aromatic heterocycles. The van der Waals surface area contributed by atoms with Crippen molar-refractivity contribution in [3.8, 4) is 0 Å². The van der Waals surface area contributed by atoms with Gasteiger partial charge >= 0.3 is 12.1 Å². The van der Waals surface area contributed by atoms with Crippen LogP contribution in [-0.4, -0.2) is 40.1 Å². The van der Waals surface area contributed by atoms with Crippen molar-refractivity contribution in [3.05, 3.63) is 11.8 Å². The third kappa shape index (κ3) is 3.68. The van der Waals surface area contributed by atoms with Crippen LogP contribution in [0.15, 0.2) is 11.8 Å². The van der Waals surface area contributed by atoms with Crippen LogP contribution in [0.1, 0.15) is 27.2 Å². The molecule has 7 heteroatoms. The van der Waals surface area contributed by atoms with Crippen molar-refractivity contribution in [1.82, 2.24) is 4.90 Å². The molecule has 0 fully saturated rings. The van der Waals surface area contributed by atoms with E-state index >= 15 is 0 Å². The van der Waals surface area contributed by atoms with Crippen LogP contribution in [0.5, 0.6) is 0 Å². The van der Waals surface area contributed by atoms with Crippen molar-refractivity contribution in [2.75, 3.05) is 6.54 Å². The molecule has 0 saturated carbocycles. The molecule has 0 atom stereocenters. The molecule has 1 aliphatic heterocycles. The Balaban J connectivity index is 2.96. The first-order valence-corrected chi connectivity index (χ1v) is 5.36. The summed E-state index contributed by atoms with van der Waals surface area (Å²) in [6, 6.07) is 0. The highest BCUT2D eigenvalue weighted by molar-refractivity contribution is 5.91. The van der Waals surface area contributed by atoms with Crippen LogP contribution in [-0.2, 0) is 9.53 Å². The van der Waals surface area contributed by atoms with Crippen LogP contribution in [0, 0.1) is 0 Å². The topological polar surface area (TPSA) is 66.8 Å². The van der Waals surface area contributed by atoms with E-state index in [0.29, 0.717) is 4.90 Å². The van der Waals surface area contributed by atoms with Crippen molar-refractivity contribution in [1.29, 1.82) is 0 Å². The van der Waals surface area contributed by atoms with E-state index in [1.807, 2.05) is 0 Å². The number of carbonyl (C=O) groups is 2. The van der Waals surface area contributed by atoms with Crippen molar-refractivity contribution in [2.45, 2.75) is 38.7 Å². The summed E-state index contributed by atoms with van der Waals surface area (Å²) in [5.74, 6) is -4.80. The predicted molar refractivity (Wildman–Crippen MR) is 58.2 cm³/mol. The average Bonchev–Trinajstić information content (AvgIpc) is 2.12. The first-order chi connectivity index (χ1) is 8.02. The molecule has 18 heavy (non-hydrogen) atoms. The van der Waals surface area contributed by atoms with Crippen molar-refractivity contribution >= 4 is 12.1 Å². The first-order valence-electron chi connectivity index (χ1n) is 5.36. The van der Waals surface area contributed by atoms with Gasteiger partial charge < -0.3 is 9.84 Å². The molecule has 0 aromatic carbocycles. The summed E-state index contributed by atoms with van der Waals surface area (Å²) in [5, 5.41) is 8.84. The largest absolute Gasteiger partial charge is 0.477 e. The molecule has 1 N–H and O–H groups in total. The maximum absolute atomic E-state index is 13.1. The molecule has 1 amide bonds. The van der Waals surface area contributed by atoms with Gasteiger partial charge in [-0.15, -0.1) is 0 Å². The summed E-state index contributed by atoms with van der Waals surface area (Å²) in [6.45, 7) is 4.43. The lowest BCUT2D eigenvalue weighted by Gasteiger charge is -2.31.